The lowest BCUT2D eigenvalue weighted by Crippen LogP contribution is -2.08. The Labute approximate surface area is 86.1 Å². The zero-order chi connectivity index (χ0) is 10.1. The van der Waals surface area contributed by atoms with Gasteiger partial charge in [0.25, 0.3) is 0 Å². The van der Waals surface area contributed by atoms with Crippen molar-refractivity contribution in [1.82, 2.24) is 0 Å². The second-order valence-electron chi connectivity index (χ2n) is 3.12. The van der Waals surface area contributed by atoms with E-state index in [1.807, 2.05) is 25.1 Å². The van der Waals surface area contributed by atoms with Gasteiger partial charge in [0.15, 0.2) is 0 Å². The van der Waals surface area contributed by atoms with Crippen molar-refractivity contribution < 1.29 is 4.42 Å². The van der Waals surface area contributed by atoms with E-state index in [9.17, 15) is 4.79 Å². The van der Waals surface area contributed by atoms with Crippen LogP contribution in [0.1, 0.15) is 11.1 Å². The average molecular weight is 209 g/mol. The Balaban J connectivity index is 2.93. The molecule has 0 saturated carbocycles. The molecular formula is C11H9ClO2. The summed E-state index contributed by atoms with van der Waals surface area (Å²) in [7, 11) is 0. The molecule has 0 bridgehead atoms. The van der Waals surface area contributed by atoms with Gasteiger partial charge in [-0.3, -0.25) is 0 Å². The highest BCUT2D eigenvalue weighted by atomic mass is 35.5. The van der Waals surface area contributed by atoms with Gasteiger partial charge >= 0.3 is 5.63 Å². The molecule has 3 heteroatoms. The van der Waals surface area contributed by atoms with Gasteiger partial charge in [0.05, 0.1) is 11.4 Å². The van der Waals surface area contributed by atoms with Gasteiger partial charge < -0.3 is 4.42 Å². The molecule has 2 rings (SSSR count). The van der Waals surface area contributed by atoms with Crippen molar-refractivity contribution in [3.05, 3.63) is 45.8 Å². The first-order chi connectivity index (χ1) is 6.74. The molecule has 0 N–H and O–H groups in total. The molecule has 1 aromatic heterocycles. The van der Waals surface area contributed by atoms with Crippen molar-refractivity contribution in [2.45, 2.75) is 12.8 Å². The minimum Gasteiger partial charge on any atom is -0.422 e. The molecule has 2 nitrogen and oxygen atoms in total. The van der Waals surface area contributed by atoms with E-state index in [1.165, 1.54) is 0 Å². The fourth-order valence-electron chi connectivity index (χ4n) is 1.50. The maximum absolute atomic E-state index is 11.4. The van der Waals surface area contributed by atoms with E-state index in [0.29, 0.717) is 11.1 Å². The van der Waals surface area contributed by atoms with Gasteiger partial charge in [0.1, 0.15) is 5.58 Å². The highest BCUT2D eigenvalue weighted by Crippen LogP contribution is 2.19. The van der Waals surface area contributed by atoms with E-state index in [2.05, 4.69) is 0 Å². The van der Waals surface area contributed by atoms with Crippen molar-refractivity contribution in [3.63, 3.8) is 0 Å². The Morgan fingerprint density at radius 2 is 2.07 bits per heavy atom. The van der Waals surface area contributed by atoms with E-state index < -0.39 is 0 Å². The highest BCUT2D eigenvalue weighted by Gasteiger charge is 2.08. The van der Waals surface area contributed by atoms with Gasteiger partial charge in [-0.1, -0.05) is 18.2 Å². The number of alkyl halides is 1. The van der Waals surface area contributed by atoms with Gasteiger partial charge in [-0.15, -0.1) is 11.6 Å². The highest BCUT2D eigenvalue weighted by molar-refractivity contribution is 6.17. The number of para-hydroxylation sites is 1. The van der Waals surface area contributed by atoms with Gasteiger partial charge in [-0.05, 0) is 18.6 Å². The van der Waals surface area contributed by atoms with Crippen LogP contribution in [0, 0.1) is 6.92 Å². The fraction of sp³-hybridized carbons (Fsp3) is 0.182. The van der Waals surface area contributed by atoms with E-state index in [1.54, 1.807) is 6.07 Å². The third-order valence-corrected chi connectivity index (χ3v) is 2.59. The summed E-state index contributed by atoms with van der Waals surface area (Å²) in [6.45, 7) is 1.89. The van der Waals surface area contributed by atoms with Crippen LogP contribution in [0.3, 0.4) is 0 Å². The molecule has 0 aliphatic heterocycles. The number of halogens is 1. The first-order valence-corrected chi connectivity index (χ1v) is 4.85. The van der Waals surface area contributed by atoms with Gasteiger partial charge in [-0.25, -0.2) is 4.79 Å². The Morgan fingerprint density at radius 1 is 1.36 bits per heavy atom. The molecule has 0 fully saturated rings. The molecule has 1 heterocycles. The van der Waals surface area contributed by atoms with Gasteiger partial charge in [0, 0.05) is 5.39 Å². The van der Waals surface area contributed by atoms with E-state index >= 15 is 0 Å². The summed E-state index contributed by atoms with van der Waals surface area (Å²) in [6, 6.07) is 7.45. The van der Waals surface area contributed by atoms with Crippen molar-refractivity contribution in [3.8, 4) is 0 Å². The number of benzene rings is 1. The van der Waals surface area contributed by atoms with Crippen LogP contribution in [0.25, 0.3) is 11.0 Å². The van der Waals surface area contributed by atoms with Crippen LogP contribution in [0.4, 0.5) is 0 Å². The molecule has 0 unspecified atom stereocenters. The van der Waals surface area contributed by atoms with Crippen LogP contribution in [0.15, 0.2) is 33.5 Å². The number of hydrogen-bond donors (Lipinski definition) is 0. The predicted octanol–water partition coefficient (Wildman–Crippen LogP) is 2.84. The summed E-state index contributed by atoms with van der Waals surface area (Å²) in [5.41, 5.74) is 1.73. The summed E-state index contributed by atoms with van der Waals surface area (Å²) in [5, 5.41) is 0.947. The number of fused-ring (bicyclic) bond motifs is 1. The Bertz CT molecular complexity index is 528. The summed E-state index contributed by atoms with van der Waals surface area (Å²) in [5.74, 6) is 0.193. The molecule has 0 radical (unpaired) electrons. The normalized spacial score (nSPS) is 10.7. The van der Waals surface area contributed by atoms with Crippen LogP contribution in [0.2, 0.25) is 0 Å². The van der Waals surface area contributed by atoms with E-state index in [4.69, 9.17) is 16.0 Å². The van der Waals surface area contributed by atoms with Crippen LogP contribution in [0.5, 0.6) is 0 Å². The molecule has 0 spiro atoms. The third kappa shape index (κ3) is 1.32. The molecule has 0 amide bonds. The van der Waals surface area contributed by atoms with E-state index in [-0.39, 0.29) is 11.5 Å². The molecule has 0 aliphatic rings. The lowest BCUT2D eigenvalue weighted by atomic mass is 10.1. The lowest BCUT2D eigenvalue weighted by molar-refractivity contribution is 0.552. The lowest BCUT2D eigenvalue weighted by Gasteiger charge is -2.03. The van der Waals surface area contributed by atoms with Crippen LogP contribution < -0.4 is 5.63 Å². The number of aryl methyl sites for hydroxylation is 1. The maximum Gasteiger partial charge on any atom is 0.340 e. The third-order valence-electron chi connectivity index (χ3n) is 2.33. The number of rotatable bonds is 1. The summed E-state index contributed by atoms with van der Waals surface area (Å²) >= 11 is 5.68. The Hall–Kier alpha value is -1.28. The smallest absolute Gasteiger partial charge is 0.340 e. The van der Waals surface area contributed by atoms with Gasteiger partial charge in [-0.2, -0.15) is 0 Å². The zero-order valence-corrected chi connectivity index (χ0v) is 8.47. The minimum absolute atomic E-state index is 0.193. The monoisotopic (exact) mass is 208 g/mol. The van der Waals surface area contributed by atoms with E-state index in [0.717, 1.165) is 10.9 Å². The van der Waals surface area contributed by atoms with Crippen LogP contribution in [-0.2, 0) is 5.88 Å². The molecule has 0 atom stereocenters. The standard InChI is InChI=1S/C11H9ClO2/c1-7-8-4-2-3-5-10(8)14-11(13)9(7)6-12/h2-5H,6H2,1H3. The molecule has 72 valence electrons. The second kappa shape index (κ2) is 3.46. The summed E-state index contributed by atoms with van der Waals surface area (Å²) in [6.07, 6.45) is 0. The largest absolute Gasteiger partial charge is 0.422 e. The average Bonchev–Trinajstić information content (AvgIpc) is 2.18. The quantitative estimate of drug-likeness (QED) is 0.533. The molecular weight excluding hydrogens is 200 g/mol. The minimum atomic E-state index is -0.337. The van der Waals surface area contributed by atoms with Crippen molar-refractivity contribution in [1.29, 1.82) is 0 Å². The fourth-order valence-corrected chi connectivity index (χ4v) is 1.81. The summed E-state index contributed by atoms with van der Waals surface area (Å²) < 4.78 is 5.12. The van der Waals surface area contributed by atoms with Crippen LogP contribution >= 0.6 is 11.6 Å². The molecule has 14 heavy (non-hydrogen) atoms. The predicted molar refractivity (Wildman–Crippen MR) is 56.8 cm³/mol. The SMILES string of the molecule is Cc1c(CCl)c(=O)oc2ccccc12. The number of hydrogen-bond acceptors (Lipinski definition) is 2. The first-order valence-electron chi connectivity index (χ1n) is 4.31. The van der Waals surface area contributed by atoms with Crippen LogP contribution in [-0.4, -0.2) is 0 Å². The topological polar surface area (TPSA) is 30.2 Å². The second-order valence-corrected chi connectivity index (χ2v) is 3.39. The summed E-state index contributed by atoms with van der Waals surface area (Å²) in [4.78, 5) is 11.4. The first kappa shape index (κ1) is 9.28. The van der Waals surface area contributed by atoms with Crippen molar-refractivity contribution >= 4 is 22.6 Å². The zero-order valence-electron chi connectivity index (χ0n) is 7.71. The molecule has 2 aromatic rings. The Kier molecular flexibility index (Phi) is 2.30. The Morgan fingerprint density at radius 3 is 2.79 bits per heavy atom. The molecule has 1 aromatic carbocycles. The van der Waals surface area contributed by atoms with Crippen molar-refractivity contribution in [2.24, 2.45) is 0 Å². The molecule has 0 aliphatic carbocycles. The van der Waals surface area contributed by atoms with Crippen molar-refractivity contribution in [2.75, 3.05) is 0 Å². The van der Waals surface area contributed by atoms with Gasteiger partial charge in [0.2, 0.25) is 0 Å². The maximum atomic E-state index is 11.4. The molecule has 0 saturated heterocycles.